The number of thioether (sulfide) groups is 1. The molecule has 4 heteroatoms. The van der Waals surface area contributed by atoms with E-state index in [0.717, 1.165) is 8.83 Å². The topological polar surface area (TPSA) is 12.4 Å². The molecule has 1 aromatic rings. The summed E-state index contributed by atoms with van der Waals surface area (Å²) in [5.74, 6) is 0. The molecule has 0 saturated carbocycles. The molecule has 0 saturated heterocycles. The van der Waals surface area contributed by atoms with E-state index in [-0.39, 0.29) is 0 Å². The highest BCUT2D eigenvalue weighted by atomic mass is 79.9. The van der Waals surface area contributed by atoms with E-state index >= 15 is 0 Å². The molecule has 0 amide bonds. The predicted molar refractivity (Wildman–Crippen MR) is 58.0 cm³/mol. The third-order valence-corrected chi connectivity index (χ3v) is 3.73. The molecule has 1 heterocycles. The molecule has 60 valence electrons. The van der Waals surface area contributed by atoms with E-state index in [1.807, 2.05) is 19.4 Å². The first kappa shape index (κ1) is 9.29. The van der Waals surface area contributed by atoms with Crippen molar-refractivity contribution in [3.05, 3.63) is 20.8 Å². The molecule has 0 fully saturated rings. The van der Waals surface area contributed by atoms with Gasteiger partial charge in [0.2, 0.25) is 0 Å². The minimum Gasteiger partial charge on any atom is -0.280 e. The van der Waals surface area contributed by atoms with E-state index in [9.17, 15) is 0 Å². The predicted octanol–water partition coefficient (Wildman–Crippen LogP) is 3.25. The van der Waals surface area contributed by atoms with Gasteiger partial charge in [0.15, 0.2) is 0 Å². The van der Waals surface area contributed by atoms with Gasteiger partial charge in [-0.05, 0) is 34.3 Å². The first-order valence-corrected chi connectivity index (χ1v) is 5.88. The molecule has 0 aliphatic carbocycles. The summed E-state index contributed by atoms with van der Waals surface area (Å²) in [5, 5.41) is 1.10. The van der Waals surface area contributed by atoms with Crippen LogP contribution < -0.4 is 0 Å². The van der Waals surface area contributed by atoms with Crippen molar-refractivity contribution in [2.75, 3.05) is 13.3 Å². The van der Waals surface area contributed by atoms with E-state index in [2.05, 4.69) is 27.0 Å². The van der Waals surface area contributed by atoms with Gasteiger partial charge in [-0.2, -0.15) is 0 Å². The molecule has 0 aliphatic rings. The van der Waals surface area contributed by atoms with Gasteiger partial charge in [0.05, 0.1) is 8.66 Å². The molecule has 1 nitrogen and oxygen atoms in total. The van der Waals surface area contributed by atoms with Crippen molar-refractivity contribution >= 4 is 44.1 Å². The summed E-state index contributed by atoms with van der Waals surface area (Å²) in [5.41, 5.74) is 0. The molecule has 1 aromatic heterocycles. The summed E-state index contributed by atoms with van der Waals surface area (Å²) in [6.45, 7) is 0. The smallest absolute Gasteiger partial charge is 0.107 e. The summed E-state index contributed by atoms with van der Waals surface area (Å²) in [4.78, 5) is 5.39. The van der Waals surface area contributed by atoms with Crippen LogP contribution in [0.15, 0.2) is 20.9 Å². The Balaban J connectivity index is 2.91. The maximum atomic E-state index is 4.16. The van der Waals surface area contributed by atoms with Crippen LogP contribution in [0, 0.1) is 0 Å². The zero-order valence-corrected chi connectivity index (χ0v) is 9.52. The molecule has 0 bridgehead atoms. The minimum atomic E-state index is 1.10. The molecule has 1 rings (SSSR count). The van der Waals surface area contributed by atoms with Crippen molar-refractivity contribution in [1.82, 2.24) is 0 Å². The van der Waals surface area contributed by atoms with Gasteiger partial charge in [0.25, 0.3) is 0 Å². The van der Waals surface area contributed by atoms with Crippen LogP contribution in [0.4, 0.5) is 0 Å². The Bertz CT molecular complexity index is 267. The molecular formula is C7H8BrNS2. The number of halogens is 1. The summed E-state index contributed by atoms with van der Waals surface area (Å²) in [6, 6.07) is 4.12. The number of nitrogens with zero attached hydrogens (tertiary/aromatic N) is 1. The number of rotatable bonds is 1. The standard InChI is InChI=1S/C7H8BrNS2/c1-9-7(10-2)5-3-4-6(8)11-5/h3-4H,1-2H3. The molecule has 0 unspecified atom stereocenters. The number of thiophene rings is 1. The van der Waals surface area contributed by atoms with Crippen molar-refractivity contribution in [3.63, 3.8) is 0 Å². The molecule has 0 aliphatic heterocycles. The quantitative estimate of drug-likeness (QED) is 0.550. The van der Waals surface area contributed by atoms with Gasteiger partial charge in [-0.25, -0.2) is 0 Å². The Morgan fingerprint density at radius 1 is 1.64 bits per heavy atom. The molecule has 0 radical (unpaired) electrons. The second kappa shape index (κ2) is 4.28. The van der Waals surface area contributed by atoms with E-state index in [0.29, 0.717) is 0 Å². The van der Waals surface area contributed by atoms with Gasteiger partial charge in [0, 0.05) is 7.05 Å². The zero-order valence-electron chi connectivity index (χ0n) is 6.30. The molecular weight excluding hydrogens is 242 g/mol. The number of hydrogen-bond donors (Lipinski definition) is 0. The molecule has 0 spiro atoms. The maximum Gasteiger partial charge on any atom is 0.107 e. The highest BCUT2D eigenvalue weighted by Crippen LogP contribution is 2.25. The summed E-state index contributed by atoms with van der Waals surface area (Å²) < 4.78 is 1.16. The summed E-state index contributed by atoms with van der Waals surface area (Å²) in [6.07, 6.45) is 2.04. The maximum absolute atomic E-state index is 4.16. The van der Waals surface area contributed by atoms with Gasteiger partial charge in [-0.15, -0.1) is 23.1 Å². The minimum absolute atomic E-state index is 1.10. The third kappa shape index (κ3) is 2.32. The van der Waals surface area contributed by atoms with Crippen molar-refractivity contribution in [1.29, 1.82) is 0 Å². The average molecular weight is 250 g/mol. The van der Waals surface area contributed by atoms with Crippen molar-refractivity contribution in [3.8, 4) is 0 Å². The normalized spacial score (nSPS) is 12.1. The van der Waals surface area contributed by atoms with E-state index < -0.39 is 0 Å². The van der Waals surface area contributed by atoms with Crippen LogP contribution in [0.1, 0.15) is 4.88 Å². The number of aliphatic imine (C=N–C) groups is 1. The lowest BCUT2D eigenvalue weighted by Crippen LogP contribution is -1.88. The van der Waals surface area contributed by atoms with Crippen LogP contribution in [0.3, 0.4) is 0 Å². The van der Waals surface area contributed by atoms with Crippen LogP contribution in [0.2, 0.25) is 0 Å². The Morgan fingerprint density at radius 3 is 2.73 bits per heavy atom. The van der Waals surface area contributed by atoms with E-state index in [1.54, 1.807) is 23.1 Å². The van der Waals surface area contributed by atoms with Crippen LogP contribution in [0.5, 0.6) is 0 Å². The Kier molecular flexibility index (Phi) is 3.62. The molecule has 0 N–H and O–H groups in total. The zero-order chi connectivity index (χ0) is 8.27. The highest BCUT2D eigenvalue weighted by molar-refractivity contribution is 9.11. The van der Waals surface area contributed by atoms with Crippen molar-refractivity contribution in [2.24, 2.45) is 4.99 Å². The lowest BCUT2D eigenvalue weighted by molar-refractivity contribution is 1.47. The molecule has 11 heavy (non-hydrogen) atoms. The first-order valence-electron chi connectivity index (χ1n) is 3.04. The Morgan fingerprint density at radius 2 is 2.36 bits per heavy atom. The van der Waals surface area contributed by atoms with Crippen LogP contribution in [-0.4, -0.2) is 18.3 Å². The third-order valence-electron chi connectivity index (χ3n) is 1.18. The van der Waals surface area contributed by atoms with Crippen molar-refractivity contribution < 1.29 is 0 Å². The SMILES string of the molecule is CN=C(SC)c1ccc(Br)s1. The lowest BCUT2D eigenvalue weighted by atomic mass is 10.5. The Hall–Kier alpha value is 0.200. The van der Waals surface area contributed by atoms with Crippen LogP contribution >= 0.6 is 39.0 Å². The van der Waals surface area contributed by atoms with Crippen molar-refractivity contribution in [2.45, 2.75) is 0 Å². The van der Waals surface area contributed by atoms with Gasteiger partial charge < -0.3 is 0 Å². The monoisotopic (exact) mass is 249 g/mol. The summed E-state index contributed by atoms with van der Waals surface area (Å²) in [7, 11) is 1.82. The lowest BCUT2D eigenvalue weighted by Gasteiger charge is -1.94. The Labute approximate surface area is 83.1 Å². The molecule has 0 atom stereocenters. The number of hydrogen-bond acceptors (Lipinski definition) is 3. The fourth-order valence-corrected chi connectivity index (χ4v) is 2.87. The van der Waals surface area contributed by atoms with Gasteiger partial charge in [-0.3, -0.25) is 4.99 Å². The fourth-order valence-electron chi connectivity index (χ4n) is 0.731. The second-order valence-electron chi connectivity index (χ2n) is 1.84. The molecule has 0 aromatic carbocycles. The fraction of sp³-hybridized carbons (Fsp3) is 0.286. The average Bonchev–Trinajstić information content (AvgIpc) is 2.39. The van der Waals surface area contributed by atoms with Gasteiger partial charge in [0.1, 0.15) is 5.04 Å². The highest BCUT2D eigenvalue weighted by Gasteiger charge is 2.02. The van der Waals surface area contributed by atoms with Crippen LogP contribution in [0.25, 0.3) is 0 Å². The second-order valence-corrected chi connectivity index (χ2v) is 5.09. The van der Waals surface area contributed by atoms with Crippen LogP contribution in [-0.2, 0) is 0 Å². The van der Waals surface area contributed by atoms with E-state index in [4.69, 9.17) is 0 Å². The summed E-state index contributed by atoms with van der Waals surface area (Å²) >= 11 is 6.80. The first-order chi connectivity index (χ1) is 5.27. The van der Waals surface area contributed by atoms with E-state index in [1.165, 1.54) is 4.88 Å². The largest absolute Gasteiger partial charge is 0.280 e. The van der Waals surface area contributed by atoms with Gasteiger partial charge in [-0.1, -0.05) is 0 Å². The van der Waals surface area contributed by atoms with Gasteiger partial charge >= 0.3 is 0 Å².